The number of nitrogens with zero attached hydrogens (tertiary/aromatic N) is 1. The van der Waals surface area contributed by atoms with Gasteiger partial charge in [0.25, 0.3) is 0 Å². The summed E-state index contributed by atoms with van der Waals surface area (Å²) in [5.41, 5.74) is -0.361. The Hall–Kier alpha value is -0.980. The van der Waals surface area contributed by atoms with E-state index >= 15 is 0 Å². The molecule has 0 bridgehead atoms. The molecule has 0 aliphatic heterocycles. The first kappa shape index (κ1) is 25.0. The lowest BCUT2D eigenvalue weighted by Gasteiger charge is -2.31. The van der Waals surface area contributed by atoms with Gasteiger partial charge in [-0.05, 0) is 38.0 Å². The molecule has 0 radical (unpaired) electrons. The number of hydrogen-bond acceptors (Lipinski definition) is 6. The smallest absolute Gasteiger partial charge is 0.319 e. The molecule has 0 aliphatic carbocycles. The number of Topliss-reactive ketones (excluding diaryl/α,β-unsaturated/α-hetero) is 1. The Morgan fingerprint density at radius 3 is 2.19 bits per heavy atom. The fraction of sp³-hybridized carbons (Fsp3) is 0.529. The van der Waals surface area contributed by atoms with E-state index in [4.69, 9.17) is 9.47 Å². The van der Waals surface area contributed by atoms with Gasteiger partial charge < -0.3 is 9.47 Å². The van der Waals surface area contributed by atoms with E-state index < -0.39 is 34.6 Å². The number of ketones is 1. The lowest BCUT2D eigenvalue weighted by Crippen LogP contribution is -2.44. The number of halogens is 2. The number of methoxy groups -OCH3 is 2. The predicted octanol–water partition coefficient (Wildman–Crippen LogP) is 3.95. The summed E-state index contributed by atoms with van der Waals surface area (Å²) in [5, 5.41) is 11.1. The van der Waals surface area contributed by atoms with Gasteiger partial charge in [-0.25, -0.2) is 0 Å². The van der Waals surface area contributed by atoms with E-state index in [1.807, 2.05) is 0 Å². The molecule has 0 heterocycles. The molecule has 7 nitrogen and oxygen atoms in total. The SMILES string of the molecule is COC(=O)C(C)(C(C)=O)[C@@H](C[N+](=O)[O-])c1ccc(OC)c(C)c1.ICI. The zero-order valence-corrected chi connectivity index (χ0v) is 19.7. The summed E-state index contributed by atoms with van der Waals surface area (Å²) >= 11 is 4.55. The summed E-state index contributed by atoms with van der Waals surface area (Å²) < 4.78 is 11.1. The Morgan fingerprint density at radius 1 is 1.31 bits per heavy atom. The van der Waals surface area contributed by atoms with Crippen LogP contribution in [-0.2, 0) is 14.3 Å². The van der Waals surface area contributed by atoms with Crippen LogP contribution in [0.3, 0.4) is 0 Å². The summed E-state index contributed by atoms with van der Waals surface area (Å²) in [6, 6.07) is 4.98. The second-order valence-electron chi connectivity index (χ2n) is 5.65. The molecule has 0 N–H and O–H groups in total. The molecule has 146 valence electrons. The predicted molar refractivity (Wildman–Crippen MR) is 116 cm³/mol. The molecule has 9 heteroatoms. The van der Waals surface area contributed by atoms with Gasteiger partial charge in [-0.1, -0.05) is 57.3 Å². The van der Waals surface area contributed by atoms with Crippen LogP contribution < -0.4 is 4.74 Å². The van der Waals surface area contributed by atoms with Crippen LogP contribution in [0.1, 0.15) is 30.9 Å². The van der Waals surface area contributed by atoms with E-state index in [2.05, 4.69) is 45.2 Å². The molecule has 0 amide bonds. The molecule has 0 aliphatic rings. The minimum Gasteiger partial charge on any atom is -0.496 e. The Balaban J connectivity index is 0.00000194. The largest absolute Gasteiger partial charge is 0.496 e. The zero-order valence-electron chi connectivity index (χ0n) is 15.4. The molecule has 0 saturated carbocycles. The summed E-state index contributed by atoms with van der Waals surface area (Å²) in [6.45, 7) is 3.85. The Kier molecular flexibility index (Phi) is 11.2. The number of hydrogen-bond donors (Lipinski definition) is 0. The lowest BCUT2D eigenvalue weighted by molar-refractivity contribution is -0.485. The van der Waals surface area contributed by atoms with E-state index in [1.54, 1.807) is 25.1 Å². The average Bonchev–Trinajstić information content (AvgIpc) is 2.58. The third kappa shape index (κ3) is 6.32. The molecule has 2 atom stereocenters. The van der Waals surface area contributed by atoms with Crippen LogP contribution in [0.15, 0.2) is 18.2 Å². The zero-order chi connectivity index (χ0) is 20.5. The van der Waals surface area contributed by atoms with Crippen molar-refractivity contribution >= 4 is 56.9 Å². The number of esters is 1. The van der Waals surface area contributed by atoms with Crippen LogP contribution in [-0.4, -0.2) is 39.9 Å². The highest BCUT2D eigenvalue weighted by atomic mass is 127. The summed E-state index contributed by atoms with van der Waals surface area (Å²) in [4.78, 5) is 34.9. The van der Waals surface area contributed by atoms with Gasteiger partial charge in [-0.2, -0.15) is 0 Å². The number of rotatable bonds is 7. The second-order valence-corrected chi connectivity index (χ2v) is 10.1. The molecule has 0 spiro atoms. The molecule has 0 aromatic heterocycles. The Labute approximate surface area is 180 Å². The number of carbonyl (C=O) groups excluding carboxylic acids is 2. The third-order valence-electron chi connectivity index (χ3n) is 4.19. The minimum absolute atomic E-state index is 0.482. The maximum absolute atomic E-state index is 12.2. The third-order valence-corrected chi connectivity index (χ3v) is 4.19. The highest BCUT2D eigenvalue weighted by Crippen LogP contribution is 2.39. The van der Waals surface area contributed by atoms with E-state index in [-0.39, 0.29) is 0 Å². The summed E-state index contributed by atoms with van der Waals surface area (Å²) in [6.07, 6.45) is 0. The maximum atomic E-state index is 12.2. The fourth-order valence-electron chi connectivity index (χ4n) is 2.63. The highest BCUT2D eigenvalue weighted by molar-refractivity contribution is 14.2. The second kappa shape index (κ2) is 11.7. The molecular weight excluding hydrogens is 568 g/mol. The van der Waals surface area contributed by atoms with Crippen LogP contribution in [0.5, 0.6) is 5.75 Å². The van der Waals surface area contributed by atoms with Gasteiger partial charge in [0.1, 0.15) is 16.9 Å². The van der Waals surface area contributed by atoms with E-state index in [9.17, 15) is 19.7 Å². The number of benzene rings is 1. The van der Waals surface area contributed by atoms with Crippen molar-refractivity contribution in [3.63, 3.8) is 0 Å². The number of aryl methyl sites for hydroxylation is 1. The normalized spacial score (nSPS) is 13.5. The molecule has 1 aromatic rings. The van der Waals surface area contributed by atoms with Gasteiger partial charge in [0, 0.05) is 4.92 Å². The first-order valence-corrected chi connectivity index (χ1v) is 10.6. The molecule has 1 rings (SSSR count). The van der Waals surface area contributed by atoms with Gasteiger partial charge in [-0.15, -0.1) is 0 Å². The number of alkyl halides is 2. The topological polar surface area (TPSA) is 95.7 Å². The number of nitro groups is 1. The van der Waals surface area contributed by atoms with Crippen LogP contribution >= 0.6 is 45.2 Å². The average molecular weight is 591 g/mol. The van der Waals surface area contributed by atoms with Crippen molar-refractivity contribution < 1.29 is 24.0 Å². The van der Waals surface area contributed by atoms with Gasteiger partial charge in [0.2, 0.25) is 6.54 Å². The molecule has 26 heavy (non-hydrogen) atoms. The first-order valence-electron chi connectivity index (χ1n) is 7.57. The fourth-order valence-corrected chi connectivity index (χ4v) is 2.63. The number of ether oxygens (including phenoxy) is 2. The monoisotopic (exact) mass is 591 g/mol. The molecule has 1 aromatic carbocycles. The van der Waals surface area contributed by atoms with Gasteiger partial charge in [-0.3, -0.25) is 19.7 Å². The standard InChI is InChI=1S/C16H21NO6.CH2I2/c1-10-8-12(6-7-14(10)22-4)13(9-17(20)21)16(3,11(2)18)15(19)23-5;2-1-3/h6-8,13H,9H2,1-5H3;1H2/t13-,16?;/m0./s1. The lowest BCUT2D eigenvalue weighted by atomic mass is 9.70. The van der Waals surface area contributed by atoms with E-state index in [0.717, 1.165) is 12.7 Å². The Bertz CT molecular complexity index is 652. The first-order chi connectivity index (χ1) is 12.1. The van der Waals surface area contributed by atoms with Crippen LogP contribution in [0, 0.1) is 22.5 Å². The van der Waals surface area contributed by atoms with Crippen LogP contribution in [0.2, 0.25) is 0 Å². The van der Waals surface area contributed by atoms with Gasteiger partial charge in [0.05, 0.1) is 22.6 Å². The number of carbonyl (C=O) groups is 2. The van der Waals surface area contributed by atoms with Crippen molar-refractivity contribution in [1.82, 2.24) is 0 Å². The quantitative estimate of drug-likeness (QED) is 0.119. The van der Waals surface area contributed by atoms with Gasteiger partial charge in [0.15, 0.2) is 0 Å². The van der Waals surface area contributed by atoms with E-state index in [1.165, 1.54) is 23.4 Å². The van der Waals surface area contributed by atoms with Crippen molar-refractivity contribution in [3.05, 3.63) is 39.4 Å². The molecule has 0 saturated heterocycles. The van der Waals surface area contributed by atoms with Crippen LogP contribution in [0.4, 0.5) is 0 Å². The minimum atomic E-state index is -1.64. The molecular formula is C17H23I2NO6. The van der Waals surface area contributed by atoms with Crippen molar-refractivity contribution in [2.75, 3.05) is 23.2 Å². The molecule has 1 unspecified atom stereocenters. The summed E-state index contributed by atoms with van der Waals surface area (Å²) in [7, 11) is 2.68. The highest BCUT2D eigenvalue weighted by Gasteiger charge is 2.50. The van der Waals surface area contributed by atoms with Crippen molar-refractivity contribution in [3.8, 4) is 5.75 Å². The van der Waals surface area contributed by atoms with E-state index in [0.29, 0.717) is 11.3 Å². The van der Waals surface area contributed by atoms with Crippen molar-refractivity contribution in [2.24, 2.45) is 5.41 Å². The Morgan fingerprint density at radius 2 is 1.85 bits per heavy atom. The maximum Gasteiger partial charge on any atom is 0.319 e. The van der Waals surface area contributed by atoms with Crippen LogP contribution in [0.25, 0.3) is 0 Å². The van der Waals surface area contributed by atoms with Crippen molar-refractivity contribution in [1.29, 1.82) is 0 Å². The molecule has 0 fully saturated rings. The summed E-state index contributed by atoms with van der Waals surface area (Å²) in [5.74, 6) is -1.58. The van der Waals surface area contributed by atoms with Crippen molar-refractivity contribution in [2.45, 2.75) is 26.7 Å². The van der Waals surface area contributed by atoms with Gasteiger partial charge >= 0.3 is 5.97 Å².